The van der Waals surface area contributed by atoms with Gasteiger partial charge in [-0.2, -0.15) is 0 Å². The molecule has 0 aromatic carbocycles. The molecule has 0 fully saturated rings. The fourth-order valence-electron chi connectivity index (χ4n) is 0.985. The van der Waals surface area contributed by atoms with Gasteiger partial charge in [-0.05, 0) is 6.07 Å². The van der Waals surface area contributed by atoms with Gasteiger partial charge in [0.05, 0.1) is 30.7 Å². The Labute approximate surface area is 87.5 Å². The number of aliphatic hydroxyl groups excluding tert-OH is 1. The summed E-state index contributed by atoms with van der Waals surface area (Å²) in [6.07, 6.45) is 3.04. The lowest BCUT2D eigenvalue weighted by molar-refractivity contribution is -0.115. The molecule has 0 spiro atoms. The van der Waals surface area contributed by atoms with Crippen molar-refractivity contribution in [2.45, 2.75) is 0 Å². The summed E-state index contributed by atoms with van der Waals surface area (Å²) in [6, 6.07) is 1.61. The zero-order valence-electron chi connectivity index (χ0n) is 8.23. The van der Waals surface area contributed by atoms with Gasteiger partial charge in [-0.15, -0.1) is 0 Å². The summed E-state index contributed by atoms with van der Waals surface area (Å²) in [4.78, 5) is 15.1. The molecule has 0 atom stereocenters. The van der Waals surface area contributed by atoms with E-state index < -0.39 is 0 Å². The first-order chi connectivity index (χ1) is 7.24. The van der Waals surface area contributed by atoms with Gasteiger partial charge >= 0.3 is 0 Å². The topological polar surface area (TPSA) is 100 Å². The molecule has 0 radical (unpaired) electrons. The number of nitrogens with two attached hydrogens (primary N) is 1. The van der Waals surface area contributed by atoms with Crippen LogP contribution in [0, 0.1) is 0 Å². The zero-order valence-corrected chi connectivity index (χ0v) is 8.23. The molecule has 6 heteroatoms. The smallest absolute Gasteiger partial charge is 0.238 e. The van der Waals surface area contributed by atoms with Crippen molar-refractivity contribution in [2.24, 2.45) is 0 Å². The van der Waals surface area contributed by atoms with Gasteiger partial charge in [-0.3, -0.25) is 9.78 Å². The van der Waals surface area contributed by atoms with E-state index in [0.29, 0.717) is 17.9 Å². The molecule has 0 bridgehead atoms. The Morgan fingerprint density at radius 3 is 3.07 bits per heavy atom. The van der Waals surface area contributed by atoms with Crippen molar-refractivity contribution in [1.82, 2.24) is 10.3 Å². The van der Waals surface area contributed by atoms with Crippen LogP contribution in [0.4, 0.5) is 11.4 Å². The first kappa shape index (κ1) is 11.4. The maximum Gasteiger partial charge on any atom is 0.238 e. The number of nitrogens with zero attached hydrogens (tertiary/aromatic N) is 1. The summed E-state index contributed by atoms with van der Waals surface area (Å²) < 4.78 is 0. The molecule has 1 aromatic rings. The van der Waals surface area contributed by atoms with E-state index in [1.165, 1.54) is 6.20 Å². The fraction of sp³-hybridized carbons (Fsp3) is 0.333. The van der Waals surface area contributed by atoms with E-state index in [2.05, 4.69) is 15.6 Å². The van der Waals surface area contributed by atoms with Crippen LogP contribution in [0.2, 0.25) is 0 Å². The molecule has 0 unspecified atom stereocenters. The van der Waals surface area contributed by atoms with Gasteiger partial charge < -0.3 is 21.5 Å². The van der Waals surface area contributed by atoms with E-state index >= 15 is 0 Å². The predicted molar refractivity (Wildman–Crippen MR) is 57.2 cm³/mol. The molecule has 1 heterocycles. The minimum absolute atomic E-state index is 0.00229. The summed E-state index contributed by atoms with van der Waals surface area (Å²) in [5.41, 5.74) is 6.58. The molecular weight excluding hydrogens is 196 g/mol. The lowest BCUT2D eigenvalue weighted by Crippen LogP contribution is -2.30. The zero-order chi connectivity index (χ0) is 11.1. The Kier molecular flexibility index (Phi) is 4.52. The van der Waals surface area contributed by atoms with E-state index in [1.54, 1.807) is 12.3 Å². The van der Waals surface area contributed by atoms with Crippen molar-refractivity contribution in [2.75, 3.05) is 30.7 Å². The van der Waals surface area contributed by atoms with Crippen LogP contribution in [0.1, 0.15) is 0 Å². The number of hydrogen-bond acceptors (Lipinski definition) is 5. The quantitative estimate of drug-likeness (QED) is 0.476. The second-order valence-electron chi connectivity index (χ2n) is 2.91. The molecule has 0 aliphatic rings. The molecule has 1 aromatic heterocycles. The summed E-state index contributed by atoms with van der Waals surface area (Å²) in [7, 11) is 0. The van der Waals surface area contributed by atoms with Crippen LogP contribution in [-0.2, 0) is 4.79 Å². The number of anilines is 2. The van der Waals surface area contributed by atoms with E-state index in [0.717, 1.165) is 0 Å². The maximum atomic E-state index is 11.3. The molecule has 6 nitrogen and oxygen atoms in total. The van der Waals surface area contributed by atoms with Crippen molar-refractivity contribution >= 4 is 17.3 Å². The summed E-state index contributed by atoms with van der Waals surface area (Å²) >= 11 is 0. The standard InChI is InChI=1S/C9H14N4O2/c10-7-1-2-11-5-8(7)13-9(15)6-12-3-4-14/h1-2,5,12,14H,3-4,6H2,(H2,10,11)(H,13,15). The van der Waals surface area contributed by atoms with Crippen LogP contribution in [-0.4, -0.2) is 35.7 Å². The van der Waals surface area contributed by atoms with E-state index in [1.807, 2.05) is 0 Å². The van der Waals surface area contributed by atoms with Crippen LogP contribution in [0.3, 0.4) is 0 Å². The Balaban J connectivity index is 2.41. The highest BCUT2D eigenvalue weighted by molar-refractivity contribution is 5.94. The molecule has 1 rings (SSSR count). The van der Waals surface area contributed by atoms with Crippen LogP contribution in [0.5, 0.6) is 0 Å². The first-order valence-electron chi connectivity index (χ1n) is 4.55. The van der Waals surface area contributed by atoms with E-state index in [-0.39, 0.29) is 19.1 Å². The van der Waals surface area contributed by atoms with Gasteiger partial charge in [-0.1, -0.05) is 0 Å². The molecule has 0 aliphatic heterocycles. The third-order valence-corrected chi connectivity index (χ3v) is 1.70. The van der Waals surface area contributed by atoms with Gasteiger partial charge in [0, 0.05) is 12.7 Å². The van der Waals surface area contributed by atoms with Crippen molar-refractivity contribution < 1.29 is 9.90 Å². The second-order valence-corrected chi connectivity index (χ2v) is 2.91. The van der Waals surface area contributed by atoms with Crippen LogP contribution in [0.25, 0.3) is 0 Å². The van der Waals surface area contributed by atoms with Crippen molar-refractivity contribution in [3.63, 3.8) is 0 Å². The van der Waals surface area contributed by atoms with Gasteiger partial charge in [0.1, 0.15) is 0 Å². The maximum absolute atomic E-state index is 11.3. The number of pyridine rings is 1. The van der Waals surface area contributed by atoms with Crippen molar-refractivity contribution in [3.8, 4) is 0 Å². The Bertz CT molecular complexity index is 330. The molecule has 0 saturated carbocycles. The predicted octanol–water partition coefficient (Wildman–Crippen LogP) is -0.816. The minimum Gasteiger partial charge on any atom is -0.397 e. The Hall–Kier alpha value is -1.66. The minimum atomic E-state index is -0.219. The number of nitrogen functional groups attached to an aromatic ring is 1. The Morgan fingerprint density at radius 2 is 2.40 bits per heavy atom. The lowest BCUT2D eigenvalue weighted by Gasteiger charge is -2.07. The number of aromatic nitrogens is 1. The summed E-state index contributed by atoms with van der Waals surface area (Å²) in [6.45, 7) is 0.521. The monoisotopic (exact) mass is 210 g/mol. The number of hydrogen-bond donors (Lipinski definition) is 4. The average molecular weight is 210 g/mol. The van der Waals surface area contributed by atoms with Gasteiger partial charge in [-0.25, -0.2) is 0 Å². The van der Waals surface area contributed by atoms with Crippen molar-refractivity contribution in [1.29, 1.82) is 0 Å². The molecule has 1 amide bonds. The Morgan fingerprint density at radius 1 is 1.60 bits per heavy atom. The third-order valence-electron chi connectivity index (χ3n) is 1.70. The van der Waals surface area contributed by atoms with Crippen LogP contribution < -0.4 is 16.4 Å². The molecule has 82 valence electrons. The SMILES string of the molecule is Nc1ccncc1NC(=O)CNCCO. The second kappa shape index (κ2) is 5.94. The lowest BCUT2D eigenvalue weighted by atomic mass is 10.3. The highest BCUT2D eigenvalue weighted by Gasteiger charge is 2.03. The number of rotatable bonds is 5. The molecule has 15 heavy (non-hydrogen) atoms. The van der Waals surface area contributed by atoms with Gasteiger partial charge in [0.15, 0.2) is 0 Å². The number of aliphatic hydroxyl groups is 1. The number of amides is 1. The van der Waals surface area contributed by atoms with Gasteiger partial charge in [0.25, 0.3) is 0 Å². The first-order valence-corrected chi connectivity index (χ1v) is 4.55. The fourth-order valence-corrected chi connectivity index (χ4v) is 0.985. The van der Waals surface area contributed by atoms with Crippen molar-refractivity contribution in [3.05, 3.63) is 18.5 Å². The normalized spacial score (nSPS) is 9.93. The van der Waals surface area contributed by atoms with Crippen LogP contribution >= 0.6 is 0 Å². The number of nitrogens with one attached hydrogen (secondary N) is 2. The van der Waals surface area contributed by atoms with E-state index in [4.69, 9.17) is 10.8 Å². The molecular formula is C9H14N4O2. The summed E-state index contributed by atoms with van der Waals surface area (Å²) in [5.74, 6) is -0.219. The highest BCUT2D eigenvalue weighted by atomic mass is 16.3. The highest BCUT2D eigenvalue weighted by Crippen LogP contribution is 2.14. The molecule has 0 aliphatic carbocycles. The third kappa shape index (κ3) is 3.92. The number of carbonyl (C=O) groups excluding carboxylic acids is 1. The largest absolute Gasteiger partial charge is 0.397 e. The average Bonchev–Trinajstić information content (AvgIpc) is 2.22. The summed E-state index contributed by atoms with van der Waals surface area (Å²) in [5, 5.41) is 13.8. The number of carbonyl (C=O) groups is 1. The van der Waals surface area contributed by atoms with E-state index in [9.17, 15) is 4.79 Å². The van der Waals surface area contributed by atoms with Gasteiger partial charge in [0.2, 0.25) is 5.91 Å². The van der Waals surface area contributed by atoms with Crippen LogP contribution in [0.15, 0.2) is 18.5 Å². The molecule has 5 N–H and O–H groups in total. The molecule has 0 saturated heterocycles.